The van der Waals surface area contributed by atoms with Gasteiger partial charge in [-0.3, -0.25) is 4.79 Å². The molecule has 0 saturated heterocycles. The first-order valence-corrected chi connectivity index (χ1v) is 6.67. The van der Waals surface area contributed by atoms with Crippen LogP contribution in [0.25, 0.3) is 0 Å². The second-order valence-electron chi connectivity index (χ2n) is 4.54. The molecule has 0 bridgehead atoms. The quantitative estimate of drug-likeness (QED) is 0.839. The van der Waals surface area contributed by atoms with E-state index in [1.54, 1.807) is 0 Å². The van der Waals surface area contributed by atoms with E-state index in [1.165, 1.54) is 11.1 Å². The van der Waals surface area contributed by atoms with Gasteiger partial charge < -0.3 is 10.2 Å². The first kappa shape index (κ1) is 14.6. The minimum atomic E-state index is 0.219. The molecule has 3 heteroatoms. The van der Waals surface area contributed by atoms with Gasteiger partial charge in [-0.2, -0.15) is 0 Å². The minimum absolute atomic E-state index is 0.219. The summed E-state index contributed by atoms with van der Waals surface area (Å²) in [5.74, 6) is 0.219. The summed E-state index contributed by atoms with van der Waals surface area (Å²) in [5.41, 5.74) is 3.65. The molecule has 0 heterocycles. The second-order valence-corrected chi connectivity index (χ2v) is 4.54. The van der Waals surface area contributed by atoms with E-state index in [4.69, 9.17) is 0 Å². The Labute approximate surface area is 110 Å². The van der Waals surface area contributed by atoms with Crippen LogP contribution in [0.4, 0.5) is 5.69 Å². The Kier molecular flexibility index (Phi) is 5.69. The standard InChI is InChI=1S/C15H24N2O/c1-5-17(6-2)15(18)9-10-16-14-8-7-12(3)13(4)11-14/h7-8,11,16H,5-6,9-10H2,1-4H3. The highest BCUT2D eigenvalue weighted by Crippen LogP contribution is 2.14. The Hall–Kier alpha value is -1.51. The Morgan fingerprint density at radius 2 is 1.83 bits per heavy atom. The summed E-state index contributed by atoms with van der Waals surface area (Å²) < 4.78 is 0. The molecule has 1 amide bonds. The number of hydrogen-bond acceptors (Lipinski definition) is 2. The molecule has 0 aliphatic heterocycles. The Balaban J connectivity index is 2.41. The molecular weight excluding hydrogens is 224 g/mol. The first-order valence-electron chi connectivity index (χ1n) is 6.67. The van der Waals surface area contributed by atoms with Crippen LogP contribution in [0.5, 0.6) is 0 Å². The fraction of sp³-hybridized carbons (Fsp3) is 0.533. The molecule has 1 aromatic carbocycles. The third kappa shape index (κ3) is 4.06. The number of aryl methyl sites for hydroxylation is 2. The lowest BCUT2D eigenvalue weighted by Gasteiger charge is -2.18. The van der Waals surface area contributed by atoms with Gasteiger partial charge in [0.25, 0.3) is 0 Å². The highest BCUT2D eigenvalue weighted by atomic mass is 16.2. The lowest BCUT2D eigenvalue weighted by atomic mass is 10.1. The zero-order chi connectivity index (χ0) is 13.5. The molecule has 100 valence electrons. The molecule has 1 N–H and O–H groups in total. The van der Waals surface area contributed by atoms with Crippen molar-refractivity contribution in [2.75, 3.05) is 25.0 Å². The third-order valence-corrected chi connectivity index (χ3v) is 3.29. The van der Waals surface area contributed by atoms with E-state index >= 15 is 0 Å². The van der Waals surface area contributed by atoms with Crippen molar-refractivity contribution in [1.29, 1.82) is 0 Å². The van der Waals surface area contributed by atoms with Gasteiger partial charge in [0.2, 0.25) is 5.91 Å². The smallest absolute Gasteiger partial charge is 0.224 e. The van der Waals surface area contributed by atoms with E-state index in [2.05, 4.69) is 37.4 Å². The number of amides is 1. The van der Waals surface area contributed by atoms with Crippen LogP contribution in [0, 0.1) is 13.8 Å². The van der Waals surface area contributed by atoms with Gasteiger partial charge in [-0.15, -0.1) is 0 Å². The molecular formula is C15H24N2O. The number of nitrogens with zero attached hydrogens (tertiary/aromatic N) is 1. The summed E-state index contributed by atoms with van der Waals surface area (Å²) in [6.07, 6.45) is 0.550. The van der Waals surface area contributed by atoms with Gasteiger partial charge in [-0.05, 0) is 51.0 Å². The number of rotatable bonds is 6. The lowest BCUT2D eigenvalue weighted by molar-refractivity contribution is -0.130. The molecule has 0 unspecified atom stereocenters. The number of hydrogen-bond donors (Lipinski definition) is 1. The van der Waals surface area contributed by atoms with Crippen LogP contribution < -0.4 is 5.32 Å². The number of nitrogens with one attached hydrogen (secondary N) is 1. The Bertz CT molecular complexity index is 397. The van der Waals surface area contributed by atoms with Crippen molar-refractivity contribution < 1.29 is 4.79 Å². The van der Waals surface area contributed by atoms with Crippen LogP contribution in [0.15, 0.2) is 18.2 Å². The maximum absolute atomic E-state index is 11.8. The fourth-order valence-electron chi connectivity index (χ4n) is 1.90. The average molecular weight is 248 g/mol. The lowest BCUT2D eigenvalue weighted by Crippen LogP contribution is -2.31. The molecule has 3 nitrogen and oxygen atoms in total. The molecule has 0 spiro atoms. The van der Waals surface area contributed by atoms with E-state index in [0.717, 1.165) is 18.8 Å². The molecule has 0 aliphatic carbocycles. The molecule has 0 fully saturated rings. The summed E-state index contributed by atoms with van der Waals surface area (Å²) in [7, 11) is 0. The summed E-state index contributed by atoms with van der Waals surface area (Å²) in [5, 5.41) is 3.30. The molecule has 0 atom stereocenters. The van der Waals surface area contributed by atoms with Crippen molar-refractivity contribution >= 4 is 11.6 Å². The van der Waals surface area contributed by atoms with Crippen molar-refractivity contribution in [2.24, 2.45) is 0 Å². The topological polar surface area (TPSA) is 32.3 Å². The van der Waals surface area contributed by atoms with Gasteiger partial charge in [0.15, 0.2) is 0 Å². The van der Waals surface area contributed by atoms with Gasteiger partial charge in [0.1, 0.15) is 0 Å². The molecule has 0 radical (unpaired) electrons. The van der Waals surface area contributed by atoms with Crippen LogP contribution in [0.2, 0.25) is 0 Å². The molecule has 0 aliphatic rings. The zero-order valence-corrected chi connectivity index (χ0v) is 11.9. The van der Waals surface area contributed by atoms with Gasteiger partial charge in [-0.25, -0.2) is 0 Å². The number of carbonyl (C=O) groups excluding carboxylic acids is 1. The molecule has 0 aromatic heterocycles. The maximum Gasteiger partial charge on any atom is 0.224 e. The highest BCUT2D eigenvalue weighted by Gasteiger charge is 2.08. The predicted octanol–water partition coefficient (Wildman–Crippen LogP) is 2.97. The monoisotopic (exact) mass is 248 g/mol. The van der Waals surface area contributed by atoms with Gasteiger partial charge in [0, 0.05) is 31.7 Å². The molecule has 18 heavy (non-hydrogen) atoms. The summed E-state index contributed by atoms with van der Waals surface area (Å²) >= 11 is 0. The molecule has 1 aromatic rings. The van der Waals surface area contributed by atoms with Crippen LogP contribution in [-0.4, -0.2) is 30.4 Å². The third-order valence-electron chi connectivity index (χ3n) is 3.29. The molecule has 1 rings (SSSR count). The van der Waals surface area contributed by atoms with Gasteiger partial charge >= 0.3 is 0 Å². The highest BCUT2D eigenvalue weighted by molar-refractivity contribution is 5.76. The van der Waals surface area contributed by atoms with E-state index in [9.17, 15) is 4.79 Å². The van der Waals surface area contributed by atoms with Crippen molar-refractivity contribution in [3.05, 3.63) is 29.3 Å². The van der Waals surface area contributed by atoms with Crippen LogP contribution >= 0.6 is 0 Å². The second kappa shape index (κ2) is 7.04. The zero-order valence-electron chi connectivity index (χ0n) is 11.9. The van der Waals surface area contributed by atoms with E-state index < -0.39 is 0 Å². The van der Waals surface area contributed by atoms with E-state index in [0.29, 0.717) is 13.0 Å². The van der Waals surface area contributed by atoms with Gasteiger partial charge in [0.05, 0.1) is 0 Å². The van der Waals surface area contributed by atoms with Crippen LogP contribution in [0.1, 0.15) is 31.4 Å². The van der Waals surface area contributed by atoms with Crippen LogP contribution in [0.3, 0.4) is 0 Å². The van der Waals surface area contributed by atoms with E-state index in [1.807, 2.05) is 18.7 Å². The van der Waals surface area contributed by atoms with Crippen molar-refractivity contribution in [1.82, 2.24) is 4.90 Å². The normalized spacial score (nSPS) is 10.2. The minimum Gasteiger partial charge on any atom is -0.385 e. The Morgan fingerprint density at radius 3 is 2.39 bits per heavy atom. The van der Waals surface area contributed by atoms with E-state index in [-0.39, 0.29) is 5.91 Å². The average Bonchev–Trinajstić information content (AvgIpc) is 2.35. The molecule has 0 saturated carbocycles. The summed E-state index contributed by atoms with van der Waals surface area (Å²) in [4.78, 5) is 13.7. The van der Waals surface area contributed by atoms with Crippen LogP contribution in [-0.2, 0) is 4.79 Å². The number of anilines is 1. The van der Waals surface area contributed by atoms with Crippen molar-refractivity contribution in [3.63, 3.8) is 0 Å². The van der Waals surface area contributed by atoms with Crippen molar-refractivity contribution in [2.45, 2.75) is 34.1 Å². The fourth-order valence-corrected chi connectivity index (χ4v) is 1.90. The Morgan fingerprint density at radius 1 is 1.17 bits per heavy atom. The SMILES string of the molecule is CCN(CC)C(=O)CCNc1ccc(C)c(C)c1. The largest absolute Gasteiger partial charge is 0.385 e. The summed E-state index contributed by atoms with van der Waals surface area (Å²) in [6, 6.07) is 6.28. The number of benzene rings is 1. The maximum atomic E-state index is 11.8. The summed E-state index contributed by atoms with van der Waals surface area (Å²) in [6.45, 7) is 10.5. The first-order chi connectivity index (χ1) is 8.58. The number of carbonyl (C=O) groups is 1. The predicted molar refractivity (Wildman–Crippen MR) is 77.0 cm³/mol. The van der Waals surface area contributed by atoms with Crippen molar-refractivity contribution in [3.8, 4) is 0 Å². The van der Waals surface area contributed by atoms with Gasteiger partial charge in [-0.1, -0.05) is 6.07 Å².